The van der Waals surface area contributed by atoms with Crippen molar-refractivity contribution in [3.63, 3.8) is 0 Å². The molecule has 0 aliphatic heterocycles. The molecule has 8 heteroatoms. The lowest BCUT2D eigenvalue weighted by Gasteiger charge is -2.14. The molecule has 0 aliphatic carbocycles. The first-order chi connectivity index (χ1) is 12.3. The standard InChI is InChI=1S/C16H14FN3O4.C2H6/c1-7-4-5-10(9(17)6-7)19-14-11(16(22)23)13-12(15(21)20(14)3)18-8(2)24-13;1-2/h4-6,19H,1-3H3,(H,22,23);1-2H3. The van der Waals surface area contributed by atoms with Crippen molar-refractivity contribution < 1.29 is 18.7 Å². The Hall–Kier alpha value is -3.16. The van der Waals surface area contributed by atoms with Gasteiger partial charge in [-0.25, -0.2) is 14.2 Å². The van der Waals surface area contributed by atoms with Gasteiger partial charge < -0.3 is 14.8 Å². The largest absolute Gasteiger partial charge is 0.477 e. The fourth-order valence-electron chi connectivity index (χ4n) is 2.47. The quantitative estimate of drug-likeness (QED) is 0.737. The van der Waals surface area contributed by atoms with Gasteiger partial charge >= 0.3 is 5.97 Å². The van der Waals surface area contributed by atoms with Crippen LogP contribution in [0.3, 0.4) is 0 Å². The number of aromatic nitrogens is 2. The molecular formula is C18H20FN3O4. The van der Waals surface area contributed by atoms with Gasteiger partial charge in [-0.3, -0.25) is 9.36 Å². The van der Waals surface area contributed by atoms with Crippen LogP contribution in [0.15, 0.2) is 27.4 Å². The molecule has 0 radical (unpaired) electrons. The van der Waals surface area contributed by atoms with Crippen LogP contribution in [0.4, 0.5) is 15.9 Å². The van der Waals surface area contributed by atoms with Gasteiger partial charge in [-0.2, -0.15) is 0 Å². The second-order valence-electron chi connectivity index (χ2n) is 5.41. The van der Waals surface area contributed by atoms with Crippen molar-refractivity contribution in [1.29, 1.82) is 0 Å². The summed E-state index contributed by atoms with van der Waals surface area (Å²) in [5.74, 6) is -1.79. The van der Waals surface area contributed by atoms with Crippen LogP contribution in [0.25, 0.3) is 11.1 Å². The number of carbonyl (C=O) groups is 1. The van der Waals surface area contributed by atoms with Crippen molar-refractivity contribution in [3.8, 4) is 0 Å². The number of hydrogen-bond acceptors (Lipinski definition) is 5. The number of halogens is 1. The highest BCUT2D eigenvalue weighted by Gasteiger charge is 2.25. The van der Waals surface area contributed by atoms with Crippen molar-refractivity contribution in [2.24, 2.45) is 7.05 Å². The summed E-state index contributed by atoms with van der Waals surface area (Å²) in [4.78, 5) is 28.0. The van der Waals surface area contributed by atoms with E-state index in [-0.39, 0.29) is 34.1 Å². The normalized spacial score (nSPS) is 10.4. The number of benzene rings is 1. The molecule has 0 atom stereocenters. The predicted octanol–water partition coefficient (Wildman–Crippen LogP) is 3.75. The van der Waals surface area contributed by atoms with Crippen molar-refractivity contribution in [3.05, 3.63) is 51.4 Å². The van der Waals surface area contributed by atoms with E-state index in [2.05, 4.69) is 10.3 Å². The number of carboxylic acid groups (broad SMARTS) is 1. The Morgan fingerprint density at radius 2 is 1.96 bits per heavy atom. The molecule has 0 spiro atoms. The minimum absolute atomic E-state index is 0.0497. The highest BCUT2D eigenvalue weighted by molar-refractivity contribution is 6.05. The summed E-state index contributed by atoms with van der Waals surface area (Å²) in [5, 5.41) is 12.2. The number of nitrogens with zero attached hydrogens (tertiary/aromatic N) is 2. The van der Waals surface area contributed by atoms with Crippen LogP contribution in [-0.2, 0) is 7.05 Å². The first kappa shape index (κ1) is 19.2. The van der Waals surface area contributed by atoms with E-state index in [4.69, 9.17) is 4.42 Å². The van der Waals surface area contributed by atoms with Crippen molar-refractivity contribution in [2.45, 2.75) is 27.7 Å². The molecule has 138 valence electrons. The van der Waals surface area contributed by atoms with E-state index >= 15 is 0 Å². The smallest absolute Gasteiger partial charge is 0.343 e. The minimum atomic E-state index is -1.32. The molecule has 0 amide bonds. The number of aryl methyl sites for hydroxylation is 2. The number of hydrogen-bond donors (Lipinski definition) is 2. The van der Waals surface area contributed by atoms with Crippen molar-refractivity contribution in [1.82, 2.24) is 9.55 Å². The summed E-state index contributed by atoms with van der Waals surface area (Å²) in [7, 11) is 1.38. The van der Waals surface area contributed by atoms with Gasteiger partial charge in [0.15, 0.2) is 17.0 Å². The van der Waals surface area contributed by atoms with Gasteiger partial charge in [0.1, 0.15) is 17.2 Å². The van der Waals surface area contributed by atoms with E-state index in [1.165, 1.54) is 26.1 Å². The third-order valence-corrected chi connectivity index (χ3v) is 3.63. The summed E-state index contributed by atoms with van der Waals surface area (Å²) >= 11 is 0. The first-order valence-electron chi connectivity index (χ1n) is 8.06. The zero-order chi connectivity index (χ0) is 19.6. The second kappa shape index (κ2) is 7.38. The van der Waals surface area contributed by atoms with Gasteiger partial charge in [0.2, 0.25) is 0 Å². The lowest BCUT2D eigenvalue weighted by atomic mass is 10.2. The second-order valence-corrected chi connectivity index (χ2v) is 5.41. The average Bonchev–Trinajstić information content (AvgIpc) is 2.97. The van der Waals surface area contributed by atoms with E-state index in [9.17, 15) is 19.1 Å². The van der Waals surface area contributed by atoms with Gasteiger partial charge in [-0.1, -0.05) is 19.9 Å². The van der Waals surface area contributed by atoms with E-state index in [1.54, 1.807) is 13.0 Å². The van der Waals surface area contributed by atoms with Crippen LogP contribution in [0.2, 0.25) is 0 Å². The van der Waals surface area contributed by atoms with E-state index < -0.39 is 17.3 Å². The number of oxazole rings is 1. The highest BCUT2D eigenvalue weighted by atomic mass is 19.1. The first-order valence-corrected chi connectivity index (χ1v) is 8.06. The lowest BCUT2D eigenvalue weighted by Crippen LogP contribution is -2.23. The Morgan fingerprint density at radius 3 is 2.54 bits per heavy atom. The Morgan fingerprint density at radius 1 is 1.31 bits per heavy atom. The molecule has 1 aromatic carbocycles. The fraction of sp³-hybridized carbons (Fsp3) is 0.278. The molecule has 3 rings (SSSR count). The number of aromatic carboxylic acids is 1. The Balaban J connectivity index is 0.00000117. The van der Waals surface area contributed by atoms with Crippen LogP contribution in [0.5, 0.6) is 0 Å². The molecule has 0 unspecified atom stereocenters. The Bertz CT molecular complexity index is 1040. The molecule has 2 aromatic heterocycles. The van der Waals surface area contributed by atoms with Gasteiger partial charge in [-0.15, -0.1) is 0 Å². The SMILES string of the molecule is CC.Cc1ccc(Nc2c(C(=O)O)c3oc(C)nc3c(=O)n2C)c(F)c1. The van der Waals surface area contributed by atoms with Crippen LogP contribution < -0.4 is 10.9 Å². The number of nitrogens with one attached hydrogen (secondary N) is 1. The highest BCUT2D eigenvalue weighted by Crippen LogP contribution is 2.28. The monoisotopic (exact) mass is 361 g/mol. The molecule has 7 nitrogen and oxygen atoms in total. The van der Waals surface area contributed by atoms with Crippen LogP contribution >= 0.6 is 0 Å². The summed E-state index contributed by atoms with van der Waals surface area (Å²) < 4.78 is 20.4. The van der Waals surface area contributed by atoms with Crippen molar-refractivity contribution in [2.75, 3.05) is 5.32 Å². The van der Waals surface area contributed by atoms with Crippen LogP contribution in [0.1, 0.15) is 35.7 Å². The number of anilines is 2. The molecular weight excluding hydrogens is 341 g/mol. The Kier molecular flexibility index (Phi) is 5.44. The maximum atomic E-state index is 14.1. The topological polar surface area (TPSA) is 97.4 Å². The van der Waals surface area contributed by atoms with Gasteiger partial charge in [-0.05, 0) is 24.6 Å². The summed E-state index contributed by atoms with van der Waals surface area (Å²) in [5.41, 5.74) is -0.282. The molecule has 0 saturated carbocycles. The summed E-state index contributed by atoms with van der Waals surface area (Å²) in [6.45, 7) is 7.24. The van der Waals surface area contributed by atoms with Crippen LogP contribution in [0, 0.1) is 19.7 Å². The molecule has 26 heavy (non-hydrogen) atoms. The molecule has 0 fully saturated rings. The molecule has 2 heterocycles. The van der Waals surface area contributed by atoms with E-state index in [0.29, 0.717) is 5.56 Å². The number of rotatable bonds is 3. The van der Waals surface area contributed by atoms with Crippen LogP contribution in [-0.4, -0.2) is 20.6 Å². The fourth-order valence-corrected chi connectivity index (χ4v) is 2.47. The minimum Gasteiger partial charge on any atom is -0.477 e. The van der Waals surface area contributed by atoms with Gasteiger partial charge in [0.05, 0.1) is 5.69 Å². The van der Waals surface area contributed by atoms with E-state index in [0.717, 1.165) is 4.57 Å². The number of carboxylic acids is 1. The zero-order valence-corrected chi connectivity index (χ0v) is 15.2. The molecule has 0 saturated heterocycles. The molecule has 2 N–H and O–H groups in total. The molecule has 0 bridgehead atoms. The average molecular weight is 361 g/mol. The van der Waals surface area contributed by atoms with Gasteiger partial charge in [0, 0.05) is 14.0 Å². The van der Waals surface area contributed by atoms with Crippen molar-refractivity contribution >= 4 is 28.6 Å². The third kappa shape index (κ3) is 3.30. The summed E-state index contributed by atoms with van der Waals surface area (Å²) in [6.07, 6.45) is 0. The predicted molar refractivity (Wildman–Crippen MR) is 96.7 cm³/mol. The number of fused-ring (bicyclic) bond motifs is 1. The molecule has 0 aliphatic rings. The number of pyridine rings is 1. The zero-order valence-electron chi connectivity index (χ0n) is 15.2. The van der Waals surface area contributed by atoms with E-state index in [1.807, 2.05) is 13.8 Å². The third-order valence-electron chi connectivity index (χ3n) is 3.63. The Labute approximate surface area is 149 Å². The maximum Gasteiger partial charge on any atom is 0.343 e. The van der Waals surface area contributed by atoms with Gasteiger partial charge in [0.25, 0.3) is 5.56 Å². The summed E-state index contributed by atoms with van der Waals surface area (Å²) in [6, 6.07) is 4.44. The molecule has 3 aromatic rings. The maximum absolute atomic E-state index is 14.1. The lowest BCUT2D eigenvalue weighted by molar-refractivity contribution is 0.0698.